The molecule has 298 valence electrons. The molecule has 0 aliphatic carbocycles. The van der Waals surface area contributed by atoms with E-state index in [1.54, 1.807) is 49.6 Å². The van der Waals surface area contributed by atoms with Gasteiger partial charge in [0.15, 0.2) is 0 Å². The second kappa shape index (κ2) is 39.2. The van der Waals surface area contributed by atoms with Crippen LogP contribution in [0.3, 0.4) is 0 Å². The molecule has 4 aromatic heterocycles. The van der Waals surface area contributed by atoms with E-state index in [0.29, 0.717) is 0 Å². The number of nitrogens with zero attached hydrogens (tertiary/aromatic N) is 14. The molecule has 2 radical (unpaired) electrons. The minimum atomic E-state index is -6.00. The van der Waals surface area contributed by atoms with E-state index in [1.807, 2.05) is 72.8 Å². The number of hydrogen-bond donors (Lipinski definition) is 0. The number of aromatic nitrogens is 4. The van der Waals surface area contributed by atoms with E-state index < -0.39 is 14.5 Å². The first-order chi connectivity index (χ1) is 25.7. The van der Waals surface area contributed by atoms with Crippen LogP contribution < -0.4 is 0 Å². The molecule has 0 spiro atoms. The predicted octanol–water partition coefficient (Wildman–Crippen LogP) is 9.14. The van der Waals surface area contributed by atoms with Crippen molar-refractivity contribution in [1.29, 1.82) is 0 Å². The van der Waals surface area contributed by atoms with E-state index in [2.05, 4.69) is 39.9 Å². The average Bonchev–Trinajstić information content (AvgIpc) is 3.12. The van der Waals surface area contributed by atoms with E-state index in [9.17, 15) is 34.5 Å². The molecule has 56 heavy (non-hydrogen) atoms. The Morgan fingerprint density at radius 3 is 0.750 bits per heavy atom. The summed E-state index contributed by atoms with van der Waals surface area (Å²) in [6, 6.07) is 23.1. The summed E-state index contributed by atoms with van der Waals surface area (Å²) in [7, 11) is -12.0. The third kappa shape index (κ3) is 50.6. The van der Waals surface area contributed by atoms with Gasteiger partial charge in [-0.05, 0) is 61.4 Å². The molecule has 0 bridgehead atoms. The molecule has 0 aliphatic rings. The maximum absolute atomic E-state index is 9.75. The number of halogens is 8. The van der Waals surface area contributed by atoms with Gasteiger partial charge < -0.3 is 56.6 Å². The molecule has 0 N–H and O–H groups in total. The molecular weight excluding hydrogens is 840 g/mol. The van der Waals surface area contributed by atoms with Crippen molar-refractivity contribution in [2.75, 3.05) is 26.2 Å². The first-order valence-corrected chi connectivity index (χ1v) is 15.1. The fourth-order valence-corrected chi connectivity index (χ4v) is 2.95. The van der Waals surface area contributed by atoms with Gasteiger partial charge in [-0.15, -0.1) is 0 Å². The van der Waals surface area contributed by atoms with Crippen LogP contribution in [-0.2, 0) is 34.1 Å². The van der Waals surface area contributed by atoms with E-state index in [-0.39, 0.29) is 34.1 Å². The summed E-state index contributed by atoms with van der Waals surface area (Å²) in [4.78, 5) is 36.9. The maximum atomic E-state index is 9.75. The third-order valence-electron chi connectivity index (χ3n) is 4.79. The van der Waals surface area contributed by atoms with Crippen molar-refractivity contribution in [1.82, 2.24) is 19.9 Å². The van der Waals surface area contributed by atoms with Crippen LogP contribution in [0.25, 0.3) is 31.9 Å². The van der Waals surface area contributed by atoms with Crippen molar-refractivity contribution in [2.45, 2.75) is 12.8 Å². The molecule has 0 saturated carbocycles. The summed E-state index contributed by atoms with van der Waals surface area (Å²) in [6.45, 7) is 3.04. The molecule has 26 heteroatoms. The van der Waals surface area contributed by atoms with Crippen LogP contribution in [0.15, 0.2) is 118 Å². The summed E-state index contributed by atoms with van der Waals surface area (Å²) in [6.07, 6.45) is 16.1. The monoisotopic (exact) mass is 872 g/mol. The van der Waals surface area contributed by atoms with Crippen molar-refractivity contribution < 1.29 is 68.7 Å². The number of pyridine rings is 4. The minimum absolute atomic E-state index is 0. The zero-order chi connectivity index (χ0) is 40.8. The van der Waals surface area contributed by atoms with Crippen LogP contribution in [0.1, 0.15) is 35.6 Å². The van der Waals surface area contributed by atoms with Gasteiger partial charge in [-0.3, -0.25) is 49.7 Å². The van der Waals surface area contributed by atoms with Crippen LogP contribution in [0.2, 0.25) is 0 Å². The summed E-state index contributed by atoms with van der Waals surface area (Å²) < 4.78 is 78.0. The van der Waals surface area contributed by atoms with Gasteiger partial charge in [0.1, 0.15) is 0 Å². The Morgan fingerprint density at radius 2 is 0.607 bits per heavy atom. The van der Waals surface area contributed by atoms with Crippen LogP contribution >= 0.6 is 0 Å². The number of rotatable bonds is 12. The van der Waals surface area contributed by atoms with Crippen molar-refractivity contribution in [3.63, 3.8) is 0 Å². The molecule has 4 heterocycles. The minimum Gasteiger partial charge on any atom is -0.418 e. The quantitative estimate of drug-likeness (QED) is 0.0259. The molecule has 0 fully saturated rings. The number of hydrogen-bond acceptors (Lipinski definition) is 8. The van der Waals surface area contributed by atoms with E-state index in [4.69, 9.17) is 22.1 Å². The summed E-state index contributed by atoms with van der Waals surface area (Å²) >= 11 is 0. The third-order valence-corrected chi connectivity index (χ3v) is 4.79. The van der Waals surface area contributed by atoms with Gasteiger partial charge in [0.05, 0.1) is 22.8 Å². The Morgan fingerprint density at radius 1 is 0.429 bits per heavy atom. The molecule has 0 saturated heterocycles. The standard InChI is InChI=1S/2C15H16N4.2BF4.2Mn.2N3/c2*1-3-10-18-14(6-1)12-16-8-5-9-17-13-15-7-2-4-11-19-15;2*2-1(3,4)5;;;2*1-3-2/h2*1-4,6-7,10-13H,5,8-9H2;;;;;;/q;;2*-1;2*+2;2*-1. The first-order valence-electron chi connectivity index (χ1n) is 15.1. The van der Waals surface area contributed by atoms with Crippen molar-refractivity contribution >= 4 is 39.4 Å². The van der Waals surface area contributed by atoms with E-state index in [1.165, 1.54) is 9.82 Å². The Kier molecular flexibility index (Phi) is 40.1. The van der Waals surface area contributed by atoms with Crippen molar-refractivity contribution in [2.24, 2.45) is 20.0 Å². The molecule has 0 atom stereocenters. The largest absolute Gasteiger partial charge is 2.00 e. The SMILES string of the molecule is C(=NCCCN=Cc1ccccn1)c1ccccn1.C(=NCCCN=Cc1ccccn1)c1ccccn1.F[B-](F)(F)F.F[B-](F)(F)F.[Mn+2].[Mn+2].[N-]=[N+]=[N-].[N-]=[N+]=[N-]. The average molecular weight is 872 g/mol. The van der Waals surface area contributed by atoms with Gasteiger partial charge in [-0.2, -0.15) is 0 Å². The normalized spacial score (nSPS) is 10.1. The molecule has 4 rings (SSSR count). The fourth-order valence-electron chi connectivity index (χ4n) is 2.95. The smallest absolute Gasteiger partial charge is 0.418 e. The summed E-state index contributed by atoms with van der Waals surface area (Å²) in [5.41, 5.74) is 30.6. The van der Waals surface area contributed by atoms with Gasteiger partial charge in [0.25, 0.3) is 0 Å². The second-order valence-corrected chi connectivity index (χ2v) is 9.04. The molecule has 0 aromatic carbocycles. The molecule has 0 unspecified atom stereocenters. The molecule has 0 aliphatic heterocycles. The zero-order valence-electron chi connectivity index (χ0n) is 29.0. The van der Waals surface area contributed by atoms with Crippen molar-refractivity contribution in [3.05, 3.63) is 152 Å². The van der Waals surface area contributed by atoms with Crippen LogP contribution in [0, 0.1) is 0 Å². The van der Waals surface area contributed by atoms with Gasteiger partial charge in [-0.1, -0.05) is 24.3 Å². The first kappa shape index (κ1) is 57.2. The van der Waals surface area contributed by atoms with Crippen LogP contribution in [0.5, 0.6) is 0 Å². The number of aliphatic imine (C=N–C) groups is 4. The van der Waals surface area contributed by atoms with Gasteiger partial charge >= 0.3 is 48.6 Å². The Hall–Kier alpha value is -5.49. The van der Waals surface area contributed by atoms with E-state index in [0.717, 1.165) is 61.8 Å². The Bertz CT molecular complexity index is 1430. The predicted molar refractivity (Wildman–Crippen MR) is 197 cm³/mol. The summed E-state index contributed by atoms with van der Waals surface area (Å²) in [5.74, 6) is 0. The summed E-state index contributed by atoms with van der Waals surface area (Å²) in [5, 5.41) is 0. The molecule has 0 amide bonds. The van der Waals surface area contributed by atoms with Crippen LogP contribution in [0.4, 0.5) is 34.5 Å². The van der Waals surface area contributed by atoms with Gasteiger partial charge in [0, 0.05) is 75.8 Å². The fraction of sp³-hybridized carbons (Fsp3) is 0.200. The maximum Gasteiger partial charge on any atom is 2.00 e. The Balaban J connectivity index is -0.000000341. The van der Waals surface area contributed by atoms with E-state index >= 15 is 0 Å². The van der Waals surface area contributed by atoms with Crippen molar-refractivity contribution in [3.8, 4) is 0 Å². The molecular formula is C30H32B2F8Mn2N14. The van der Waals surface area contributed by atoms with Gasteiger partial charge in [0.2, 0.25) is 0 Å². The Labute approximate surface area is 338 Å². The molecule has 14 nitrogen and oxygen atoms in total. The topological polar surface area (TPSA) is 218 Å². The second-order valence-electron chi connectivity index (χ2n) is 9.04. The zero-order valence-corrected chi connectivity index (χ0v) is 31.3. The van der Waals surface area contributed by atoms with Gasteiger partial charge in [-0.25, -0.2) is 0 Å². The van der Waals surface area contributed by atoms with Crippen LogP contribution in [-0.4, -0.2) is 85.5 Å². The molecule has 4 aromatic rings.